The molecule has 6 heteroatoms. The van der Waals surface area contributed by atoms with Crippen molar-refractivity contribution in [3.63, 3.8) is 0 Å². The van der Waals surface area contributed by atoms with E-state index in [4.69, 9.17) is 0 Å². The lowest BCUT2D eigenvalue weighted by molar-refractivity contribution is -0.143. The number of halogens is 1. The summed E-state index contributed by atoms with van der Waals surface area (Å²) in [5.41, 5.74) is 0.965. The van der Waals surface area contributed by atoms with Crippen molar-refractivity contribution in [2.45, 2.75) is 25.8 Å². The Labute approximate surface area is 152 Å². The Morgan fingerprint density at radius 2 is 1.77 bits per heavy atom. The number of pyridine rings is 1. The number of benzene rings is 1. The normalized spacial score (nSPS) is 14.5. The summed E-state index contributed by atoms with van der Waals surface area (Å²) in [5, 5.41) is 2.81. The van der Waals surface area contributed by atoms with Gasteiger partial charge in [-0.2, -0.15) is 0 Å². The largest absolute Gasteiger partial charge is 0.351 e. The summed E-state index contributed by atoms with van der Waals surface area (Å²) in [4.78, 5) is 30.9. The smallest absolute Gasteiger partial charge is 0.238 e. The minimum absolute atomic E-state index is 0.136. The highest BCUT2D eigenvalue weighted by molar-refractivity contribution is 6.07. The number of carbonyl (C=O) groups is 2. The van der Waals surface area contributed by atoms with Gasteiger partial charge in [0.05, 0.1) is 0 Å². The van der Waals surface area contributed by atoms with Gasteiger partial charge in [-0.1, -0.05) is 12.1 Å². The van der Waals surface area contributed by atoms with Gasteiger partial charge in [-0.05, 0) is 54.7 Å². The van der Waals surface area contributed by atoms with Crippen LogP contribution in [0.3, 0.4) is 0 Å². The van der Waals surface area contributed by atoms with Gasteiger partial charge in [0.25, 0.3) is 0 Å². The molecule has 1 aliphatic rings. The standard InChI is InChI=1S/C20H22FN3O2/c1-24(13-8-15-6-11-22-12-7-15)19(26)20(9-10-20)18(25)23-14-16-2-4-17(21)5-3-16/h2-7,11-12H,8-10,13-14H2,1H3,(H,23,25). The van der Waals surface area contributed by atoms with Gasteiger partial charge in [-0.25, -0.2) is 4.39 Å². The number of rotatable bonds is 7. The number of hydrogen-bond acceptors (Lipinski definition) is 3. The van der Waals surface area contributed by atoms with Crippen molar-refractivity contribution in [2.24, 2.45) is 5.41 Å². The van der Waals surface area contributed by atoms with E-state index in [-0.39, 0.29) is 24.2 Å². The Hall–Kier alpha value is -2.76. The molecule has 0 aliphatic heterocycles. The van der Waals surface area contributed by atoms with Crippen molar-refractivity contribution < 1.29 is 14.0 Å². The predicted molar refractivity (Wildman–Crippen MR) is 95.5 cm³/mol. The average molecular weight is 355 g/mol. The molecular weight excluding hydrogens is 333 g/mol. The molecule has 2 aromatic rings. The number of nitrogens with zero attached hydrogens (tertiary/aromatic N) is 2. The number of aromatic nitrogens is 1. The van der Waals surface area contributed by atoms with E-state index in [0.29, 0.717) is 19.4 Å². The van der Waals surface area contributed by atoms with Gasteiger partial charge < -0.3 is 10.2 Å². The Balaban J connectivity index is 1.53. The van der Waals surface area contributed by atoms with Crippen LogP contribution in [0.25, 0.3) is 0 Å². The molecule has 1 N–H and O–H groups in total. The molecule has 5 nitrogen and oxygen atoms in total. The van der Waals surface area contributed by atoms with Crippen LogP contribution in [-0.4, -0.2) is 35.3 Å². The lowest BCUT2D eigenvalue weighted by atomic mass is 10.0. The van der Waals surface area contributed by atoms with E-state index in [9.17, 15) is 14.0 Å². The van der Waals surface area contributed by atoms with E-state index in [2.05, 4.69) is 10.3 Å². The maximum Gasteiger partial charge on any atom is 0.238 e. The zero-order valence-electron chi connectivity index (χ0n) is 14.7. The molecule has 3 rings (SSSR count). The number of carbonyl (C=O) groups excluding carboxylic acids is 2. The third-order valence-corrected chi connectivity index (χ3v) is 4.79. The van der Waals surface area contributed by atoms with Crippen molar-refractivity contribution in [2.75, 3.05) is 13.6 Å². The molecule has 1 aromatic heterocycles. The second-order valence-electron chi connectivity index (χ2n) is 6.72. The van der Waals surface area contributed by atoms with Gasteiger partial charge in [0.15, 0.2) is 0 Å². The second-order valence-corrected chi connectivity index (χ2v) is 6.72. The molecule has 136 valence electrons. The van der Waals surface area contributed by atoms with Crippen LogP contribution in [-0.2, 0) is 22.6 Å². The second kappa shape index (κ2) is 7.64. The topological polar surface area (TPSA) is 62.3 Å². The Morgan fingerprint density at radius 1 is 1.12 bits per heavy atom. The summed E-state index contributed by atoms with van der Waals surface area (Å²) in [6.45, 7) is 0.838. The van der Waals surface area contributed by atoms with Crippen LogP contribution in [0.1, 0.15) is 24.0 Å². The van der Waals surface area contributed by atoms with Crippen LogP contribution >= 0.6 is 0 Å². The maximum absolute atomic E-state index is 12.9. The van der Waals surface area contributed by atoms with Gasteiger partial charge in [0, 0.05) is 32.5 Å². The number of hydrogen-bond donors (Lipinski definition) is 1. The molecule has 1 aliphatic carbocycles. The summed E-state index contributed by atoms with van der Waals surface area (Å²) >= 11 is 0. The molecule has 0 spiro atoms. The molecule has 2 amide bonds. The van der Waals surface area contributed by atoms with Crippen LogP contribution in [0.5, 0.6) is 0 Å². The summed E-state index contributed by atoms with van der Waals surface area (Å²) < 4.78 is 12.9. The molecule has 1 aromatic carbocycles. The summed E-state index contributed by atoms with van der Waals surface area (Å²) in [6.07, 6.45) is 5.31. The number of nitrogens with one attached hydrogen (secondary N) is 1. The first kappa shape index (κ1) is 18.0. The van der Waals surface area contributed by atoms with Crippen molar-refractivity contribution in [1.82, 2.24) is 15.2 Å². The van der Waals surface area contributed by atoms with Crippen LogP contribution in [0, 0.1) is 11.2 Å². The Kier molecular flexibility index (Phi) is 5.30. The molecule has 0 atom stereocenters. The third-order valence-electron chi connectivity index (χ3n) is 4.79. The van der Waals surface area contributed by atoms with E-state index < -0.39 is 5.41 Å². The van der Waals surface area contributed by atoms with Gasteiger partial charge in [-0.3, -0.25) is 14.6 Å². The van der Waals surface area contributed by atoms with E-state index in [1.54, 1.807) is 36.5 Å². The average Bonchev–Trinajstić information content (AvgIpc) is 3.47. The summed E-state index contributed by atoms with van der Waals surface area (Å²) in [5.74, 6) is -0.699. The van der Waals surface area contributed by atoms with Gasteiger partial charge >= 0.3 is 0 Å². The fraction of sp³-hybridized carbons (Fsp3) is 0.350. The van der Waals surface area contributed by atoms with E-state index in [0.717, 1.165) is 17.5 Å². The lowest BCUT2D eigenvalue weighted by Gasteiger charge is -2.23. The number of amides is 2. The van der Waals surface area contributed by atoms with Crippen LogP contribution in [0.15, 0.2) is 48.8 Å². The van der Waals surface area contributed by atoms with Crippen molar-refractivity contribution in [3.05, 3.63) is 65.7 Å². The van der Waals surface area contributed by atoms with E-state index >= 15 is 0 Å². The van der Waals surface area contributed by atoms with E-state index in [1.807, 2.05) is 12.1 Å². The SMILES string of the molecule is CN(CCc1ccncc1)C(=O)C1(C(=O)NCc2ccc(F)cc2)CC1. The van der Waals surface area contributed by atoms with Crippen molar-refractivity contribution in [3.8, 4) is 0 Å². The zero-order chi connectivity index (χ0) is 18.6. The molecule has 1 heterocycles. The minimum Gasteiger partial charge on any atom is -0.351 e. The third kappa shape index (κ3) is 4.07. The quantitative estimate of drug-likeness (QED) is 0.776. The lowest BCUT2D eigenvalue weighted by Crippen LogP contribution is -2.44. The van der Waals surface area contributed by atoms with Gasteiger partial charge in [-0.15, -0.1) is 0 Å². The molecule has 0 bridgehead atoms. The monoisotopic (exact) mass is 355 g/mol. The van der Waals surface area contributed by atoms with Crippen molar-refractivity contribution in [1.29, 1.82) is 0 Å². The summed E-state index contributed by atoms with van der Waals surface area (Å²) in [6, 6.07) is 9.79. The molecule has 0 radical (unpaired) electrons. The molecular formula is C20H22FN3O2. The highest BCUT2D eigenvalue weighted by Crippen LogP contribution is 2.47. The van der Waals surface area contributed by atoms with Crippen LogP contribution < -0.4 is 5.32 Å². The van der Waals surface area contributed by atoms with Crippen LogP contribution in [0.4, 0.5) is 4.39 Å². The highest BCUT2D eigenvalue weighted by Gasteiger charge is 2.57. The van der Waals surface area contributed by atoms with Crippen LogP contribution in [0.2, 0.25) is 0 Å². The first-order chi connectivity index (χ1) is 12.5. The molecule has 26 heavy (non-hydrogen) atoms. The number of likely N-dealkylation sites (N-methyl/N-ethyl adjacent to an activating group) is 1. The van der Waals surface area contributed by atoms with Crippen molar-refractivity contribution >= 4 is 11.8 Å². The highest BCUT2D eigenvalue weighted by atomic mass is 19.1. The summed E-state index contributed by atoms with van der Waals surface area (Å²) in [7, 11) is 1.73. The fourth-order valence-electron chi connectivity index (χ4n) is 2.93. The minimum atomic E-state index is -0.937. The first-order valence-corrected chi connectivity index (χ1v) is 8.68. The molecule has 0 unspecified atom stereocenters. The zero-order valence-corrected chi connectivity index (χ0v) is 14.7. The molecule has 1 saturated carbocycles. The first-order valence-electron chi connectivity index (χ1n) is 8.68. The Bertz CT molecular complexity index is 773. The Morgan fingerprint density at radius 3 is 2.38 bits per heavy atom. The predicted octanol–water partition coefficient (Wildman–Crippen LogP) is 2.32. The van der Waals surface area contributed by atoms with E-state index in [1.165, 1.54) is 12.1 Å². The molecule has 0 saturated heterocycles. The fourth-order valence-corrected chi connectivity index (χ4v) is 2.93. The molecule has 1 fully saturated rings. The van der Waals surface area contributed by atoms with Gasteiger partial charge in [0.1, 0.15) is 11.2 Å². The maximum atomic E-state index is 12.9. The van der Waals surface area contributed by atoms with Gasteiger partial charge in [0.2, 0.25) is 11.8 Å².